The Morgan fingerprint density at radius 1 is 1.12 bits per heavy atom. The third-order valence-corrected chi connectivity index (χ3v) is 4.45. The van der Waals surface area contributed by atoms with Gasteiger partial charge in [0.15, 0.2) is 0 Å². The minimum absolute atomic E-state index is 0.265. The molecule has 136 valence electrons. The Labute approximate surface area is 152 Å². The molecule has 1 fully saturated rings. The van der Waals surface area contributed by atoms with Gasteiger partial charge in [0.2, 0.25) is 5.91 Å². The van der Waals surface area contributed by atoms with Crippen LogP contribution >= 0.6 is 0 Å². The van der Waals surface area contributed by atoms with Gasteiger partial charge in [0.05, 0.1) is 0 Å². The van der Waals surface area contributed by atoms with Gasteiger partial charge in [-0.15, -0.1) is 0 Å². The highest BCUT2D eigenvalue weighted by molar-refractivity contribution is 5.97. The fraction of sp³-hybridized carbons (Fsp3) is 0.300. The monoisotopic (exact) mass is 355 g/mol. The molecular formula is C20H22FN3O2. The Balaban J connectivity index is 1.90. The van der Waals surface area contributed by atoms with Gasteiger partial charge in [-0.2, -0.15) is 0 Å². The van der Waals surface area contributed by atoms with Gasteiger partial charge >= 0.3 is 6.03 Å². The number of imide groups is 1. The summed E-state index contributed by atoms with van der Waals surface area (Å²) in [5, 5.41) is 4.81. The van der Waals surface area contributed by atoms with Gasteiger partial charge in [0.25, 0.3) is 0 Å². The molecule has 2 N–H and O–H groups in total. The molecule has 1 atom stereocenters. The van der Waals surface area contributed by atoms with E-state index in [1.54, 1.807) is 12.1 Å². The summed E-state index contributed by atoms with van der Waals surface area (Å²) in [6.45, 7) is 0.506. The van der Waals surface area contributed by atoms with Crippen molar-refractivity contribution in [2.45, 2.75) is 31.5 Å². The summed E-state index contributed by atoms with van der Waals surface area (Å²) in [6, 6.07) is 14.8. The van der Waals surface area contributed by atoms with E-state index in [-0.39, 0.29) is 17.8 Å². The van der Waals surface area contributed by atoms with Crippen molar-refractivity contribution in [2.75, 3.05) is 7.05 Å². The zero-order chi connectivity index (χ0) is 18.5. The molecular weight excluding hydrogens is 333 g/mol. The van der Waals surface area contributed by atoms with Gasteiger partial charge < -0.3 is 5.32 Å². The van der Waals surface area contributed by atoms with Crippen molar-refractivity contribution in [3.05, 3.63) is 71.5 Å². The van der Waals surface area contributed by atoms with Gasteiger partial charge in [-0.1, -0.05) is 42.5 Å². The zero-order valence-electron chi connectivity index (χ0n) is 14.6. The summed E-state index contributed by atoms with van der Waals surface area (Å²) < 4.78 is 13.2. The predicted octanol–water partition coefficient (Wildman–Crippen LogP) is 2.99. The van der Waals surface area contributed by atoms with Crippen molar-refractivity contribution in [1.29, 1.82) is 0 Å². The lowest BCUT2D eigenvalue weighted by molar-refractivity contribution is -0.126. The molecule has 0 heterocycles. The predicted molar refractivity (Wildman–Crippen MR) is 96.7 cm³/mol. The smallest absolute Gasteiger partial charge is 0.321 e. The number of hydrogen-bond acceptors (Lipinski definition) is 3. The van der Waals surface area contributed by atoms with Crippen LogP contribution in [0.5, 0.6) is 0 Å². The molecule has 0 unspecified atom stereocenters. The SMILES string of the molecule is CNC(=O)NC(=O)[C@@H](c1ccccc1)N(Cc1ccc(F)cc1)C1CC1. The zero-order valence-corrected chi connectivity index (χ0v) is 14.6. The van der Waals surface area contributed by atoms with Gasteiger partial charge in [-0.3, -0.25) is 15.0 Å². The third kappa shape index (κ3) is 4.46. The molecule has 5 nitrogen and oxygen atoms in total. The van der Waals surface area contributed by atoms with E-state index in [0.29, 0.717) is 6.54 Å². The van der Waals surface area contributed by atoms with Crippen LogP contribution in [0.1, 0.15) is 30.0 Å². The van der Waals surface area contributed by atoms with Crippen LogP contribution in [0.15, 0.2) is 54.6 Å². The quantitative estimate of drug-likeness (QED) is 0.837. The van der Waals surface area contributed by atoms with Crippen LogP contribution in [0.4, 0.5) is 9.18 Å². The maximum Gasteiger partial charge on any atom is 0.321 e. The van der Waals surface area contributed by atoms with E-state index in [4.69, 9.17) is 0 Å². The fourth-order valence-corrected chi connectivity index (χ4v) is 3.01. The van der Waals surface area contributed by atoms with E-state index in [0.717, 1.165) is 24.0 Å². The Bertz CT molecular complexity index is 760. The molecule has 6 heteroatoms. The largest absolute Gasteiger partial charge is 0.341 e. The van der Waals surface area contributed by atoms with E-state index in [1.807, 2.05) is 30.3 Å². The number of amides is 3. The number of nitrogens with zero attached hydrogens (tertiary/aromatic N) is 1. The minimum atomic E-state index is -0.592. The summed E-state index contributed by atoms with van der Waals surface area (Å²) in [5.74, 6) is -0.659. The van der Waals surface area contributed by atoms with Gasteiger partial charge in [-0.05, 0) is 36.1 Å². The van der Waals surface area contributed by atoms with E-state index in [1.165, 1.54) is 19.2 Å². The number of halogens is 1. The number of rotatable bonds is 6. The van der Waals surface area contributed by atoms with Crippen molar-refractivity contribution in [3.8, 4) is 0 Å². The normalized spacial score (nSPS) is 14.7. The van der Waals surface area contributed by atoms with E-state index < -0.39 is 12.1 Å². The molecule has 3 rings (SSSR count). The lowest BCUT2D eigenvalue weighted by Gasteiger charge is -2.31. The number of carbonyl (C=O) groups excluding carboxylic acids is 2. The summed E-state index contributed by atoms with van der Waals surface area (Å²) in [5.41, 5.74) is 1.75. The molecule has 0 aliphatic heterocycles. The van der Waals surface area contributed by atoms with Crippen LogP contribution in [0.2, 0.25) is 0 Å². The second-order valence-corrected chi connectivity index (χ2v) is 6.41. The van der Waals surface area contributed by atoms with Crippen LogP contribution < -0.4 is 10.6 Å². The van der Waals surface area contributed by atoms with E-state index >= 15 is 0 Å². The molecule has 1 aliphatic carbocycles. The molecule has 2 aromatic carbocycles. The second kappa shape index (κ2) is 8.10. The number of nitrogens with one attached hydrogen (secondary N) is 2. The molecule has 0 spiro atoms. The summed E-state index contributed by atoms with van der Waals surface area (Å²) in [4.78, 5) is 26.6. The average Bonchev–Trinajstić information content (AvgIpc) is 3.48. The molecule has 2 aromatic rings. The number of carbonyl (C=O) groups is 2. The highest BCUT2D eigenvalue weighted by atomic mass is 19.1. The molecule has 1 saturated carbocycles. The fourth-order valence-electron chi connectivity index (χ4n) is 3.01. The molecule has 1 aliphatic rings. The minimum Gasteiger partial charge on any atom is -0.341 e. The Morgan fingerprint density at radius 2 is 1.77 bits per heavy atom. The molecule has 3 amide bonds. The third-order valence-electron chi connectivity index (χ3n) is 4.45. The van der Waals surface area contributed by atoms with E-state index in [2.05, 4.69) is 15.5 Å². The standard InChI is InChI=1S/C20H22FN3O2/c1-22-20(26)23-19(25)18(15-5-3-2-4-6-15)24(17-11-12-17)13-14-7-9-16(21)10-8-14/h2-10,17-18H,11-13H2,1H3,(H2,22,23,25,26)/t18-/m1/s1. The molecule has 0 saturated heterocycles. The van der Waals surface area contributed by atoms with Crippen molar-refractivity contribution < 1.29 is 14.0 Å². The van der Waals surface area contributed by atoms with Gasteiger partial charge in [0.1, 0.15) is 11.9 Å². The molecule has 0 aromatic heterocycles. The topological polar surface area (TPSA) is 61.4 Å². The van der Waals surface area contributed by atoms with Crippen LogP contribution in [-0.2, 0) is 11.3 Å². The van der Waals surface area contributed by atoms with Crippen molar-refractivity contribution in [2.24, 2.45) is 0 Å². The lowest BCUT2D eigenvalue weighted by Crippen LogP contribution is -2.46. The lowest BCUT2D eigenvalue weighted by atomic mass is 10.0. The number of urea groups is 1. The molecule has 26 heavy (non-hydrogen) atoms. The summed E-state index contributed by atoms with van der Waals surface area (Å²) >= 11 is 0. The Morgan fingerprint density at radius 3 is 2.35 bits per heavy atom. The summed E-state index contributed by atoms with van der Waals surface area (Å²) in [7, 11) is 1.47. The maximum absolute atomic E-state index is 13.2. The van der Waals surface area contributed by atoms with Crippen LogP contribution in [0.3, 0.4) is 0 Å². The van der Waals surface area contributed by atoms with Crippen LogP contribution in [0.25, 0.3) is 0 Å². The van der Waals surface area contributed by atoms with Crippen LogP contribution in [0, 0.1) is 5.82 Å². The molecule has 0 radical (unpaired) electrons. The maximum atomic E-state index is 13.2. The van der Waals surface area contributed by atoms with Crippen molar-refractivity contribution in [3.63, 3.8) is 0 Å². The number of benzene rings is 2. The Kier molecular flexibility index (Phi) is 5.63. The highest BCUT2D eigenvalue weighted by Crippen LogP contribution is 2.36. The average molecular weight is 355 g/mol. The second-order valence-electron chi connectivity index (χ2n) is 6.41. The first-order chi connectivity index (χ1) is 12.6. The first-order valence-electron chi connectivity index (χ1n) is 8.66. The summed E-state index contributed by atoms with van der Waals surface area (Å²) in [6.07, 6.45) is 2.00. The first kappa shape index (κ1) is 18.1. The molecule has 0 bridgehead atoms. The first-order valence-corrected chi connectivity index (χ1v) is 8.66. The van der Waals surface area contributed by atoms with Gasteiger partial charge in [-0.25, -0.2) is 9.18 Å². The van der Waals surface area contributed by atoms with Gasteiger partial charge in [0, 0.05) is 19.6 Å². The van der Waals surface area contributed by atoms with Crippen molar-refractivity contribution in [1.82, 2.24) is 15.5 Å². The van der Waals surface area contributed by atoms with E-state index in [9.17, 15) is 14.0 Å². The Hall–Kier alpha value is -2.73. The number of hydrogen-bond donors (Lipinski definition) is 2. The van der Waals surface area contributed by atoms with Crippen molar-refractivity contribution >= 4 is 11.9 Å². The van der Waals surface area contributed by atoms with Crippen LogP contribution in [-0.4, -0.2) is 29.9 Å². The highest BCUT2D eigenvalue weighted by Gasteiger charge is 2.38.